The summed E-state index contributed by atoms with van der Waals surface area (Å²) in [6.45, 7) is 6.47. The molecule has 0 radical (unpaired) electrons. The Morgan fingerprint density at radius 2 is 0.554 bits per heavy atom. The van der Waals surface area contributed by atoms with Gasteiger partial charge in [-0.05, 0) is 89.9 Å². The van der Waals surface area contributed by atoms with Crippen LogP contribution in [-0.4, -0.2) is 37.2 Å². The number of esters is 3. The molecule has 0 rings (SSSR count). The molecule has 0 aromatic carbocycles. The number of hydrogen-bond acceptors (Lipinski definition) is 6. The first-order valence-corrected chi connectivity index (χ1v) is 31.6. The summed E-state index contributed by atoms with van der Waals surface area (Å²) in [5, 5.41) is 0. The van der Waals surface area contributed by atoms with Crippen LogP contribution in [0.5, 0.6) is 0 Å². The summed E-state index contributed by atoms with van der Waals surface area (Å²) in [7, 11) is 0. The molecule has 6 heteroatoms. The molecule has 1 atom stereocenters. The van der Waals surface area contributed by atoms with Crippen LogP contribution in [-0.2, 0) is 28.6 Å². The molecular formula is C68H118O6. The van der Waals surface area contributed by atoms with Crippen molar-refractivity contribution < 1.29 is 28.6 Å². The van der Waals surface area contributed by atoms with Gasteiger partial charge in [0.15, 0.2) is 6.10 Å². The van der Waals surface area contributed by atoms with Crippen molar-refractivity contribution in [2.75, 3.05) is 13.2 Å². The lowest BCUT2D eigenvalue weighted by Gasteiger charge is -2.18. The Labute approximate surface area is 458 Å². The van der Waals surface area contributed by atoms with Crippen LogP contribution in [0.1, 0.15) is 310 Å². The molecule has 0 saturated carbocycles. The second kappa shape index (κ2) is 62.1. The number of allylic oxidation sites excluding steroid dienone is 14. The highest BCUT2D eigenvalue weighted by molar-refractivity contribution is 5.71. The van der Waals surface area contributed by atoms with Crippen LogP contribution in [0.3, 0.4) is 0 Å². The zero-order valence-corrected chi connectivity index (χ0v) is 48.8. The molecule has 0 saturated heterocycles. The van der Waals surface area contributed by atoms with E-state index < -0.39 is 6.10 Å². The van der Waals surface area contributed by atoms with Crippen molar-refractivity contribution in [1.82, 2.24) is 0 Å². The van der Waals surface area contributed by atoms with E-state index in [1.807, 2.05) is 0 Å². The molecule has 6 nitrogen and oxygen atoms in total. The highest BCUT2D eigenvalue weighted by Crippen LogP contribution is 2.17. The fourth-order valence-electron chi connectivity index (χ4n) is 8.92. The van der Waals surface area contributed by atoms with Gasteiger partial charge in [-0.2, -0.15) is 0 Å². The third kappa shape index (κ3) is 59.5. The Kier molecular flexibility index (Phi) is 59.3. The van der Waals surface area contributed by atoms with Crippen LogP contribution in [0, 0.1) is 0 Å². The first kappa shape index (κ1) is 70.6. The van der Waals surface area contributed by atoms with Crippen molar-refractivity contribution in [1.29, 1.82) is 0 Å². The topological polar surface area (TPSA) is 78.9 Å². The van der Waals surface area contributed by atoms with Gasteiger partial charge in [0.25, 0.3) is 0 Å². The van der Waals surface area contributed by atoms with Gasteiger partial charge in [-0.3, -0.25) is 14.4 Å². The van der Waals surface area contributed by atoms with Gasteiger partial charge in [0.1, 0.15) is 13.2 Å². The molecule has 0 bridgehead atoms. The maximum Gasteiger partial charge on any atom is 0.306 e. The third-order valence-electron chi connectivity index (χ3n) is 13.6. The van der Waals surface area contributed by atoms with E-state index >= 15 is 0 Å². The first-order valence-electron chi connectivity index (χ1n) is 31.6. The fourth-order valence-corrected chi connectivity index (χ4v) is 8.92. The number of ether oxygens (including phenoxy) is 3. The van der Waals surface area contributed by atoms with Crippen molar-refractivity contribution >= 4 is 17.9 Å². The van der Waals surface area contributed by atoms with Crippen molar-refractivity contribution in [3.63, 3.8) is 0 Å². The molecule has 0 spiro atoms. The van der Waals surface area contributed by atoms with E-state index in [1.54, 1.807) is 0 Å². The smallest absolute Gasteiger partial charge is 0.306 e. The van der Waals surface area contributed by atoms with Gasteiger partial charge in [0, 0.05) is 19.3 Å². The molecule has 0 aromatic rings. The molecule has 0 fully saturated rings. The van der Waals surface area contributed by atoms with Crippen molar-refractivity contribution in [3.05, 3.63) is 85.1 Å². The minimum absolute atomic E-state index is 0.0779. The van der Waals surface area contributed by atoms with Gasteiger partial charge >= 0.3 is 17.9 Å². The van der Waals surface area contributed by atoms with Crippen LogP contribution < -0.4 is 0 Å². The van der Waals surface area contributed by atoms with Gasteiger partial charge in [-0.1, -0.05) is 286 Å². The second-order valence-corrected chi connectivity index (χ2v) is 20.9. The summed E-state index contributed by atoms with van der Waals surface area (Å²) < 4.78 is 16.9. The van der Waals surface area contributed by atoms with Crippen LogP contribution in [0.25, 0.3) is 0 Å². The minimum Gasteiger partial charge on any atom is -0.462 e. The highest BCUT2D eigenvalue weighted by Gasteiger charge is 2.19. The van der Waals surface area contributed by atoms with E-state index in [1.165, 1.54) is 148 Å². The second-order valence-electron chi connectivity index (χ2n) is 20.9. The van der Waals surface area contributed by atoms with E-state index in [4.69, 9.17) is 14.2 Å². The molecule has 0 aliphatic heterocycles. The summed E-state index contributed by atoms with van der Waals surface area (Å²) in [5.41, 5.74) is 0. The molecule has 0 amide bonds. The quantitative estimate of drug-likeness (QED) is 0.0261. The van der Waals surface area contributed by atoms with Crippen molar-refractivity contribution in [2.45, 2.75) is 316 Å². The lowest BCUT2D eigenvalue weighted by molar-refractivity contribution is -0.167. The van der Waals surface area contributed by atoms with E-state index in [0.717, 1.165) is 122 Å². The number of rotatable bonds is 57. The molecule has 0 aromatic heterocycles. The van der Waals surface area contributed by atoms with E-state index in [-0.39, 0.29) is 31.1 Å². The molecule has 0 heterocycles. The Bertz CT molecular complexity index is 1420. The van der Waals surface area contributed by atoms with E-state index in [2.05, 4.69) is 106 Å². The summed E-state index contributed by atoms with van der Waals surface area (Å²) in [6, 6.07) is 0. The van der Waals surface area contributed by atoms with Crippen LogP contribution in [0.4, 0.5) is 0 Å². The highest BCUT2D eigenvalue weighted by atomic mass is 16.6. The third-order valence-corrected chi connectivity index (χ3v) is 13.6. The zero-order chi connectivity index (χ0) is 53.6. The fraction of sp³-hybridized carbons (Fsp3) is 0.750. The van der Waals surface area contributed by atoms with Crippen molar-refractivity contribution in [2.24, 2.45) is 0 Å². The molecular weight excluding hydrogens is 913 g/mol. The van der Waals surface area contributed by atoms with Gasteiger partial charge in [-0.15, -0.1) is 0 Å². The summed E-state index contributed by atoms with van der Waals surface area (Å²) >= 11 is 0. The number of unbranched alkanes of at least 4 members (excludes halogenated alkanes) is 32. The lowest BCUT2D eigenvalue weighted by atomic mass is 10.0. The van der Waals surface area contributed by atoms with Gasteiger partial charge in [0.05, 0.1) is 0 Å². The number of carbonyl (C=O) groups is 3. The SMILES string of the molecule is CC/C=C\C/C=C\C/C=C\C/C=C\C/C=C\CCCCCCCCCCCCCCCCCC(=O)OCC(COC(=O)CCCCCCCCCCCCCC)OC(=O)CCCCCCC/C=C\C/C=C\CCC. The van der Waals surface area contributed by atoms with E-state index in [9.17, 15) is 14.4 Å². The maximum atomic E-state index is 12.8. The number of hydrogen-bond donors (Lipinski definition) is 0. The maximum absolute atomic E-state index is 12.8. The molecule has 74 heavy (non-hydrogen) atoms. The van der Waals surface area contributed by atoms with Crippen LogP contribution in [0.2, 0.25) is 0 Å². The normalized spacial score (nSPS) is 12.6. The van der Waals surface area contributed by atoms with Gasteiger partial charge in [0.2, 0.25) is 0 Å². The average molecular weight is 1030 g/mol. The summed E-state index contributed by atoms with van der Waals surface area (Å²) in [4.78, 5) is 38.2. The Balaban J connectivity index is 4.14. The number of carbonyl (C=O) groups excluding carboxylic acids is 3. The van der Waals surface area contributed by atoms with Gasteiger partial charge < -0.3 is 14.2 Å². The molecule has 0 aliphatic rings. The predicted octanol–water partition coefficient (Wildman–Crippen LogP) is 21.5. The largest absolute Gasteiger partial charge is 0.462 e. The Morgan fingerprint density at radius 1 is 0.284 bits per heavy atom. The molecule has 0 aliphatic carbocycles. The summed E-state index contributed by atoms with van der Waals surface area (Å²) in [6.07, 6.45) is 81.7. The van der Waals surface area contributed by atoms with Gasteiger partial charge in [-0.25, -0.2) is 0 Å². The Hall–Kier alpha value is -3.41. The monoisotopic (exact) mass is 1030 g/mol. The minimum atomic E-state index is -0.780. The first-order chi connectivity index (χ1) is 36.5. The van der Waals surface area contributed by atoms with Crippen LogP contribution >= 0.6 is 0 Å². The standard InChI is InChI=1S/C68H118O6/c1-4-7-10-13-16-19-22-25-26-27-28-29-30-31-32-33-34-35-36-37-38-39-40-41-42-44-46-49-52-55-58-61-67(70)73-64-65(63-72-66(69)60-57-54-51-48-45-24-21-18-15-12-9-6-3)74-68(71)62-59-56-53-50-47-43-23-20-17-14-11-8-5-2/h7,10-11,14,16,19-20,23,25-26,28-29,31-32,65H,4-6,8-9,12-13,15,17-18,21-22,24,27,30,33-64H2,1-3H3/b10-7-,14-11-,19-16-,23-20-,26-25-,29-28-,32-31-. The Morgan fingerprint density at radius 3 is 0.878 bits per heavy atom. The van der Waals surface area contributed by atoms with Crippen molar-refractivity contribution in [3.8, 4) is 0 Å². The zero-order valence-electron chi connectivity index (χ0n) is 48.8. The lowest BCUT2D eigenvalue weighted by Crippen LogP contribution is -2.30. The molecule has 0 N–H and O–H groups in total. The van der Waals surface area contributed by atoms with E-state index in [0.29, 0.717) is 19.3 Å². The average Bonchev–Trinajstić information content (AvgIpc) is 3.40. The van der Waals surface area contributed by atoms with Crippen LogP contribution in [0.15, 0.2) is 85.1 Å². The summed E-state index contributed by atoms with van der Waals surface area (Å²) in [5.74, 6) is -0.882. The molecule has 1 unspecified atom stereocenters. The molecule has 426 valence electrons. The predicted molar refractivity (Wildman–Crippen MR) is 321 cm³/mol.